The lowest BCUT2D eigenvalue weighted by Gasteiger charge is -2.33. The summed E-state index contributed by atoms with van der Waals surface area (Å²) in [4.78, 5) is 42.0. The number of imidazole rings is 1. The third kappa shape index (κ3) is 5.11. The molecule has 1 aromatic carbocycles. The molecule has 2 aliphatic rings. The van der Waals surface area contributed by atoms with Crippen molar-refractivity contribution in [3.05, 3.63) is 104 Å². The van der Waals surface area contributed by atoms with Crippen LogP contribution in [0.2, 0.25) is 0 Å². The molecule has 1 N–H and O–H groups in total. The number of nitrogens with one attached hydrogen (secondary N) is 1. The van der Waals surface area contributed by atoms with Crippen LogP contribution in [0.5, 0.6) is 0 Å². The summed E-state index contributed by atoms with van der Waals surface area (Å²) in [6.07, 6.45) is 3.67. The van der Waals surface area contributed by atoms with Crippen molar-refractivity contribution in [3.63, 3.8) is 0 Å². The van der Waals surface area contributed by atoms with Crippen LogP contribution in [0.4, 0.5) is 13.6 Å². The molecule has 1 amide bonds. The number of hydrogen-bond donors (Lipinski definition) is 1. The summed E-state index contributed by atoms with van der Waals surface area (Å²) in [5.74, 6) is -2.01. The number of fused-ring (bicyclic) bond motifs is 2. The lowest BCUT2D eigenvalue weighted by atomic mass is 9.86. The van der Waals surface area contributed by atoms with E-state index < -0.39 is 35.8 Å². The Morgan fingerprint density at radius 3 is 2.54 bits per heavy atom. The largest absolute Gasteiger partial charge is 0.440 e. The van der Waals surface area contributed by atoms with Crippen LogP contribution in [0.3, 0.4) is 0 Å². The Morgan fingerprint density at radius 1 is 1.05 bits per heavy atom. The van der Waals surface area contributed by atoms with Gasteiger partial charge in [0.15, 0.2) is 5.65 Å². The Balaban J connectivity index is 1.21. The Morgan fingerprint density at radius 2 is 1.78 bits per heavy atom. The first-order valence-corrected chi connectivity index (χ1v) is 13.4. The summed E-state index contributed by atoms with van der Waals surface area (Å²) in [6.45, 7) is 0.772. The molecule has 6 rings (SSSR count). The van der Waals surface area contributed by atoms with Gasteiger partial charge in [0.1, 0.15) is 17.7 Å². The average Bonchev–Trinajstić information content (AvgIpc) is 3.23. The molecular weight excluding hydrogens is 534 g/mol. The zero-order valence-electron chi connectivity index (χ0n) is 21.9. The van der Waals surface area contributed by atoms with Crippen molar-refractivity contribution in [1.82, 2.24) is 24.4 Å². The number of carbonyl (C=O) groups is 1. The number of carbonyl (C=O) groups excluding carboxylic acids is 1. The van der Waals surface area contributed by atoms with Crippen LogP contribution >= 0.6 is 0 Å². The van der Waals surface area contributed by atoms with E-state index in [0.29, 0.717) is 61.2 Å². The highest BCUT2D eigenvalue weighted by Crippen LogP contribution is 2.46. The van der Waals surface area contributed by atoms with Gasteiger partial charge in [-0.2, -0.15) is 0 Å². The normalized spacial score (nSPS) is 21.1. The third-order valence-corrected chi connectivity index (χ3v) is 7.93. The first kappa shape index (κ1) is 26.5. The number of pyridine rings is 2. The number of amides is 1. The minimum absolute atomic E-state index is 0.0956. The molecule has 3 aromatic heterocycles. The van der Waals surface area contributed by atoms with Crippen molar-refractivity contribution in [2.75, 3.05) is 13.1 Å². The number of rotatable bonds is 4. The van der Waals surface area contributed by atoms with Crippen molar-refractivity contribution in [3.8, 4) is 0 Å². The molecule has 13 heteroatoms. The number of halogens is 2. The van der Waals surface area contributed by atoms with E-state index >= 15 is 0 Å². The minimum Gasteiger partial charge on any atom is -0.440 e. The number of azide groups is 1. The Labute approximate surface area is 232 Å². The number of aromatic amines is 1. The number of hydrogen-bond acceptors (Lipinski definition) is 6. The van der Waals surface area contributed by atoms with Crippen molar-refractivity contribution in [2.45, 2.75) is 49.8 Å². The fourth-order valence-corrected chi connectivity index (χ4v) is 6.07. The number of piperidine rings is 1. The quantitative estimate of drug-likeness (QED) is 0.144. The summed E-state index contributed by atoms with van der Waals surface area (Å²) in [6, 6.07) is 9.39. The van der Waals surface area contributed by atoms with Gasteiger partial charge >= 0.3 is 11.8 Å². The van der Waals surface area contributed by atoms with Crippen LogP contribution in [0.15, 0.2) is 64.8 Å². The van der Waals surface area contributed by atoms with Gasteiger partial charge in [-0.15, -0.1) is 0 Å². The van der Waals surface area contributed by atoms with Gasteiger partial charge in [-0.1, -0.05) is 11.2 Å². The van der Waals surface area contributed by atoms with Crippen molar-refractivity contribution in [1.29, 1.82) is 0 Å². The van der Waals surface area contributed by atoms with E-state index in [4.69, 9.17) is 4.74 Å². The topological polar surface area (TPSA) is 142 Å². The van der Waals surface area contributed by atoms with E-state index in [9.17, 15) is 23.9 Å². The molecule has 4 aromatic rings. The number of H-pyrrole nitrogens is 1. The van der Waals surface area contributed by atoms with Gasteiger partial charge in [-0.25, -0.2) is 23.4 Å². The second-order valence-corrected chi connectivity index (χ2v) is 10.3. The highest BCUT2D eigenvalue weighted by atomic mass is 19.1. The summed E-state index contributed by atoms with van der Waals surface area (Å²) in [5.41, 5.74) is 11.7. The fourth-order valence-electron chi connectivity index (χ4n) is 6.07. The molecule has 3 unspecified atom stereocenters. The molecule has 0 saturated carbocycles. The zero-order valence-corrected chi connectivity index (χ0v) is 21.9. The van der Waals surface area contributed by atoms with Crippen molar-refractivity contribution >= 4 is 17.3 Å². The number of aromatic nitrogens is 4. The molecule has 1 fully saturated rings. The van der Waals surface area contributed by atoms with Crippen molar-refractivity contribution < 1.29 is 18.3 Å². The van der Waals surface area contributed by atoms with Gasteiger partial charge in [0.25, 0.3) is 0 Å². The van der Waals surface area contributed by atoms with Crippen LogP contribution in [-0.2, 0) is 4.74 Å². The molecule has 3 atom stereocenters. The van der Waals surface area contributed by atoms with Gasteiger partial charge < -0.3 is 9.64 Å². The van der Waals surface area contributed by atoms with E-state index in [1.54, 1.807) is 40.1 Å². The predicted octanol–water partition coefficient (Wildman–Crippen LogP) is 5.84. The molecule has 1 aliphatic heterocycles. The maximum atomic E-state index is 14.1. The van der Waals surface area contributed by atoms with Gasteiger partial charge in [0.05, 0.1) is 17.3 Å². The molecule has 0 radical (unpaired) electrons. The molecule has 41 heavy (non-hydrogen) atoms. The summed E-state index contributed by atoms with van der Waals surface area (Å²) in [7, 11) is 0. The SMILES string of the molecule is [N-]=[N+]=NC1c2cccnc2C(OC(=O)N2CCC(n3c(=O)[nH]c4ncccc43)CC2)CCC1c1cc(F)cc(F)c1. The number of benzene rings is 1. The maximum absolute atomic E-state index is 14.1. The Kier molecular flexibility index (Phi) is 7.10. The highest BCUT2D eigenvalue weighted by Gasteiger charge is 2.36. The molecule has 4 heterocycles. The van der Waals surface area contributed by atoms with Crippen LogP contribution in [0.1, 0.15) is 66.6 Å². The summed E-state index contributed by atoms with van der Waals surface area (Å²) >= 11 is 0. The monoisotopic (exact) mass is 560 g/mol. The molecular formula is C28H26F2N8O3. The lowest BCUT2D eigenvalue weighted by Crippen LogP contribution is -2.41. The van der Waals surface area contributed by atoms with Gasteiger partial charge in [0, 0.05) is 42.5 Å². The van der Waals surface area contributed by atoms with Crippen LogP contribution in [-0.4, -0.2) is 43.6 Å². The summed E-state index contributed by atoms with van der Waals surface area (Å²) < 4.78 is 35.9. The molecule has 210 valence electrons. The van der Waals surface area contributed by atoms with E-state index in [-0.39, 0.29) is 11.7 Å². The van der Waals surface area contributed by atoms with E-state index in [1.807, 2.05) is 6.07 Å². The van der Waals surface area contributed by atoms with Crippen LogP contribution in [0, 0.1) is 11.6 Å². The fraction of sp³-hybridized carbons (Fsp3) is 0.357. The Bertz CT molecular complexity index is 1690. The first-order chi connectivity index (χ1) is 19.9. The zero-order chi connectivity index (χ0) is 28.5. The minimum atomic E-state index is -0.798. The van der Waals surface area contributed by atoms with Crippen molar-refractivity contribution in [2.24, 2.45) is 5.11 Å². The predicted molar refractivity (Wildman–Crippen MR) is 144 cm³/mol. The van der Waals surface area contributed by atoms with E-state index in [0.717, 1.165) is 11.6 Å². The first-order valence-electron chi connectivity index (χ1n) is 13.4. The Hall–Kier alpha value is -4.77. The molecule has 11 nitrogen and oxygen atoms in total. The molecule has 0 bridgehead atoms. The third-order valence-electron chi connectivity index (χ3n) is 7.93. The smallest absolute Gasteiger partial charge is 0.410 e. The van der Waals surface area contributed by atoms with E-state index in [2.05, 4.69) is 25.0 Å². The maximum Gasteiger partial charge on any atom is 0.410 e. The summed E-state index contributed by atoms with van der Waals surface area (Å²) in [5, 5.41) is 3.98. The number of likely N-dealkylation sites (tertiary alicyclic amines) is 1. The standard InChI is InChI=1S/C28H26F2N8O3/c29-17-13-16(14-18(30)15-17)20-5-6-23(25-21(3-1-9-32-25)24(20)35-36-31)41-28(40)37-11-7-19(8-12-37)38-22-4-2-10-33-26(22)34-27(38)39/h1-4,9-10,13-15,19-20,23-24H,5-8,11-12H2,(H,33,34,39). The molecule has 1 saturated heterocycles. The van der Waals surface area contributed by atoms with Gasteiger partial charge in [0.2, 0.25) is 0 Å². The number of nitrogens with zero attached hydrogens (tertiary/aromatic N) is 7. The van der Waals surface area contributed by atoms with Gasteiger partial charge in [-0.3, -0.25) is 14.5 Å². The molecule has 1 aliphatic carbocycles. The second kappa shape index (κ2) is 11.0. The number of ether oxygens (including phenoxy) is 1. The second-order valence-electron chi connectivity index (χ2n) is 10.3. The van der Waals surface area contributed by atoms with Crippen LogP contribution < -0.4 is 5.69 Å². The van der Waals surface area contributed by atoms with Crippen LogP contribution in [0.25, 0.3) is 21.6 Å². The average molecular weight is 561 g/mol. The highest BCUT2D eigenvalue weighted by molar-refractivity contribution is 5.70. The molecule has 0 spiro atoms. The van der Waals surface area contributed by atoms with E-state index in [1.165, 1.54) is 12.1 Å². The lowest BCUT2D eigenvalue weighted by molar-refractivity contribution is 0.0473. The van der Waals surface area contributed by atoms with Gasteiger partial charge in [-0.05, 0) is 78.6 Å².